The van der Waals surface area contributed by atoms with Crippen LogP contribution >= 0.6 is 0 Å². The van der Waals surface area contributed by atoms with Crippen molar-refractivity contribution in [2.75, 3.05) is 6.54 Å². The summed E-state index contributed by atoms with van der Waals surface area (Å²) in [5.74, 6) is -1.78. The van der Waals surface area contributed by atoms with Crippen LogP contribution in [0.4, 0.5) is 8.78 Å². The van der Waals surface area contributed by atoms with E-state index in [2.05, 4.69) is 4.98 Å². The van der Waals surface area contributed by atoms with Gasteiger partial charge in [-0.1, -0.05) is 6.07 Å². The quantitative estimate of drug-likeness (QED) is 0.606. The molecule has 0 radical (unpaired) electrons. The van der Waals surface area contributed by atoms with Gasteiger partial charge in [0.1, 0.15) is 17.7 Å². The Morgan fingerprint density at radius 1 is 1.27 bits per heavy atom. The Morgan fingerprint density at radius 2 is 2.08 bits per heavy atom. The summed E-state index contributed by atoms with van der Waals surface area (Å²) in [7, 11) is 0. The molecule has 136 valence electrons. The molecule has 1 aliphatic heterocycles. The molecule has 0 spiro atoms. The lowest BCUT2D eigenvalue weighted by Gasteiger charge is -2.37. The highest BCUT2D eigenvalue weighted by molar-refractivity contribution is 5.78. The van der Waals surface area contributed by atoms with Crippen LogP contribution in [0.2, 0.25) is 0 Å². The first-order chi connectivity index (χ1) is 12.5. The summed E-state index contributed by atoms with van der Waals surface area (Å²) in [6, 6.07) is 5.80. The van der Waals surface area contributed by atoms with Crippen LogP contribution in [-0.2, 0) is 11.2 Å². The molecule has 2 aromatic rings. The molecule has 1 saturated heterocycles. The van der Waals surface area contributed by atoms with Crippen molar-refractivity contribution < 1.29 is 18.5 Å². The number of halogens is 2. The monoisotopic (exact) mass is 361 g/mol. The van der Waals surface area contributed by atoms with Gasteiger partial charge >= 0.3 is 0 Å². The second-order valence-corrected chi connectivity index (χ2v) is 6.16. The van der Waals surface area contributed by atoms with Gasteiger partial charge in [0.25, 0.3) is 0 Å². The van der Waals surface area contributed by atoms with Crippen molar-refractivity contribution >= 4 is 5.91 Å². The van der Waals surface area contributed by atoms with Gasteiger partial charge in [-0.2, -0.15) is 0 Å². The summed E-state index contributed by atoms with van der Waals surface area (Å²) >= 11 is 0. The molecular formula is C18H17F2N3O3. The van der Waals surface area contributed by atoms with Crippen molar-refractivity contribution in [1.82, 2.24) is 9.88 Å². The van der Waals surface area contributed by atoms with E-state index in [-0.39, 0.29) is 30.9 Å². The third-order valence-corrected chi connectivity index (χ3v) is 4.56. The van der Waals surface area contributed by atoms with Gasteiger partial charge in [-0.15, -0.1) is 0 Å². The van der Waals surface area contributed by atoms with E-state index in [1.807, 2.05) is 0 Å². The number of benzene rings is 1. The molecule has 1 aromatic carbocycles. The molecule has 0 bridgehead atoms. The van der Waals surface area contributed by atoms with Gasteiger partial charge in [-0.05, 0) is 30.3 Å². The maximum atomic E-state index is 14.3. The minimum atomic E-state index is -1.19. The lowest BCUT2D eigenvalue weighted by molar-refractivity contribution is -0.533. The van der Waals surface area contributed by atoms with Crippen molar-refractivity contribution in [3.8, 4) is 0 Å². The molecule has 1 aliphatic rings. The zero-order chi connectivity index (χ0) is 18.7. The molecule has 1 unspecified atom stereocenters. The summed E-state index contributed by atoms with van der Waals surface area (Å²) in [5, 5.41) is 11.5. The van der Waals surface area contributed by atoms with Gasteiger partial charge in [0.15, 0.2) is 0 Å². The van der Waals surface area contributed by atoms with Crippen molar-refractivity contribution in [3.05, 3.63) is 75.6 Å². The predicted molar refractivity (Wildman–Crippen MR) is 88.8 cm³/mol. The van der Waals surface area contributed by atoms with E-state index in [1.54, 1.807) is 24.4 Å². The molecule has 8 heteroatoms. The molecule has 26 heavy (non-hydrogen) atoms. The predicted octanol–water partition coefficient (Wildman–Crippen LogP) is 2.91. The number of hydrogen-bond donors (Lipinski definition) is 0. The maximum absolute atomic E-state index is 14.3. The van der Waals surface area contributed by atoms with Gasteiger partial charge in [-0.3, -0.25) is 19.9 Å². The maximum Gasteiger partial charge on any atom is 0.237 e. The van der Waals surface area contributed by atoms with Gasteiger partial charge in [0.05, 0.1) is 0 Å². The fraction of sp³-hybridized carbons (Fsp3) is 0.333. The number of carbonyl (C=O) groups excluding carboxylic acids is 1. The van der Waals surface area contributed by atoms with Crippen LogP contribution in [0.3, 0.4) is 0 Å². The SMILES string of the molecule is O=C1CC[C@H]([N+](=O)[O-])C(c2cc(F)ccc2F)N1CCc1ccccn1. The largest absolute Gasteiger partial charge is 0.328 e. The van der Waals surface area contributed by atoms with Crippen LogP contribution in [-0.4, -0.2) is 33.3 Å². The number of rotatable bonds is 5. The Kier molecular flexibility index (Phi) is 5.20. The Hall–Kier alpha value is -2.90. The number of pyridine rings is 1. The molecule has 1 amide bonds. The zero-order valence-corrected chi connectivity index (χ0v) is 13.8. The van der Waals surface area contributed by atoms with Crippen molar-refractivity contribution in [1.29, 1.82) is 0 Å². The van der Waals surface area contributed by atoms with Crippen molar-refractivity contribution in [2.24, 2.45) is 0 Å². The molecule has 0 aliphatic carbocycles. The number of hydrogen-bond acceptors (Lipinski definition) is 4. The molecule has 2 atom stereocenters. The summed E-state index contributed by atoms with van der Waals surface area (Å²) < 4.78 is 28.0. The molecule has 0 saturated carbocycles. The second kappa shape index (κ2) is 7.55. The van der Waals surface area contributed by atoms with Gasteiger partial charge < -0.3 is 4.90 Å². The fourth-order valence-corrected chi connectivity index (χ4v) is 3.32. The van der Waals surface area contributed by atoms with Crippen LogP contribution in [0.5, 0.6) is 0 Å². The highest BCUT2D eigenvalue weighted by Crippen LogP contribution is 2.35. The molecule has 6 nitrogen and oxygen atoms in total. The third-order valence-electron chi connectivity index (χ3n) is 4.56. The standard InChI is InChI=1S/C18H17F2N3O3/c19-12-4-5-15(20)14(11-12)18-16(23(25)26)6-7-17(24)22(18)10-8-13-3-1-2-9-21-13/h1-5,9,11,16,18H,6-8,10H2/t16-,18?/m0/s1. The zero-order valence-electron chi connectivity index (χ0n) is 13.8. The highest BCUT2D eigenvalue weighted by Gasteiger charge is 2.44. The Bertz CT molecular complexity index is 817. The third kappa shape index (κ3) is 3.68. The second-order valence-electron chi connectivity index (χ2n) is 6.16. The van der Waals surface area contributed by atoms with E-state index < -0.39 is 28.6 Å². The van der Waals surface area contributed by atoms with Crippen LogP contribution in [0.25, 0.3) is 0 Å². The first kappa shape index (κ1) is 17.9. The van der Waals surface area contributed by atoms with E-state index in [0.29, 0.717) is 12.1 Å². The van der Waals surface area contributed by atoms with Gasteiger partial charge in [0, 0.05) is 48.2 Å². The van der Waals surface area contributed by atoms with Gasteiger partial charge in [-0.25, -0.2) is 8.78 Å². The topological polar surface area (TPSA) is 76.3 Å². The normalized spacial score (nSPS) is 20.2. The lowest BCUT2D eigenvalue weighted by Crippen LogP contribution is -2.49. The molecule has 1 aromatic heterocycles. The van der Waals surface area contributed by atoms with Gasteiger partial charge in [0.2, 0.25) is 11.9 Å². The minimum absolute atomic E-state index is 0.00129. The number of nitrogens with zero attached hydrogens (tertiary/aromatic N) is 3. The van der Waals surface area contributed by atoms with Crippen molar-refractivity contribution in [3.63, 3.8) is 0 Å². The van der Waals surface area contributed by atoms with Crippen LogP contribution in [0.15, 0.2) is 42.6 Å². The fourth-order valence-electron chi connectivity index (χ4n) is 3.32. The van der Waals surface area contributed by atoms with E-state index in [4.69, 9.17) is 0 Å². The number of likely N-dealkylation sites (tertiary alicyclic amines) is 1. The molecular weight excluding hydrogens is 344 g/mol. The average Bonchev–Trinajstić information content (AvgIpc) is 2.63. The highest BCUT2D eigenvalue weighted by atomic mass is 19.1. The molecule has 1 fully saturated rings. The lowest BCUT2D eigenvalue weighted by atomic mass is 9.89. The van der Waals surface area contributed by atoms with Crippen molar-refractivity contribution in [2.45, 2.75) is 31.3 Å². The number of amides is 1. The summed E-state index contributed by atoms with van der Waals surface area (Å²) in [6.45, 7) is 0.140. The van der Waals surface area contributed by atoms with E-state index in [0.717, 1.165) is 18.2 Å². The van der Waals surface area contributed by atoms with Crippen LogP contribution in [0.1, 0.15) is 30.1 Å². The first-order valence-electron chi connectivity index (χ1n) is 8.25. The molecule has 2 heterocycles. The number of aromatic nitrogens is 1. The average molecular weight is 361 g/mol. The number of nitro groups is 1. The Labute approximate surface area is 148 Å². The van der Waals surface area contributed by atoms with E-state index in [9.17, 15) is 23.7 Å². The minimum Gasteiger partial charge on any atom is -0.328 e. The van der Waals surface area contributed by atoms with Crippen LogP contribution < -0.4 is 0 Å². The number of carbonyl (C=O) groups is 1. The molecule has 0 N–H and O–H groups in total. The summed E-state index contributed by atoms with van der Waals surface area (Å²) in [5.41, 5.74) is 0.544. The van der Waals surface area contributed by atoms with Crippen LogP contribution in [0, 0.1) is 21.7 Å². The Balaban J connectivity index is 1.95. The number of piperidine rings is 1. The smallest absolute Gasteiger partial charge is 0.237 e. The van der Waals surface area contributed by atoms with E-state index in [1.165, 1.54) is 4.90 Å². The van der Waals surface area contributed by atoms with E-state index >= 15 is 0 Å². The summed E-state index contributed by atoms with van der Waals surface area (Å²) in [4.78, 5) is 28.9. The first-order valence-corrected chi connectivity index (χ1v) is 8.25. The Morgan fingerprint density at radius 3 is 2.77 bits per heavy atom. The molecule has 3 rings (SSSR count). The summed E-state index contributed by atoms with van der Waals surface area (Å²) in [6.07, 6.45) is 1.97.